The molecule has 7 heteroatoms. The van der Waals surface area contributed by atoms with Gasteiger partial charge in [0.1, 0.15) is 12.1 Å². The van der Waals surface area contributed by atoms with Crippen molar-refractivity contribution in [1.29, 1.82) is 5.26 Å². The second kappa shape index (κ2) is 3.67. The molecule has 0 aromatic carbocycles. The monoisotopic (exact) mass is 204 g/mol. The van der Waals surface area contributed by atoms with Crippen molar-refractivity contribution in [3.8, 4) is 6.07 Å². The van der Waals surface area contributed by atoms with Crippen LogP contribution in [0.4, 0.5) is 13.2 Å². The fraction of sp³-hybridized carbons (Fsp3) is 0.429. The smallest absolute Gasteiger partial charge is 0.328 e. The number of alkyl halides is 3. The molecule has 1 aromatic heterocycles. The van der Waals surface area contributed by atoms with E-state index >= 15 is 0 Å². The van der Waals surface area contributed by atoms with Gasteiger partial charge in [0.2, 0.25) is 5.82 Å². The molecule has 1 heterocycles. The van der Waals surface area contributed by atoms with Crippen LogP contribution in [0.3, 0.4) is 0 Å². The molecular weight excluding hydrogens is 197 g/mol. The number of halogens is 3. The number of hydrogen-bond donors (Lipinski definition) is 1. The highest BCUT2D eigenvalue weighted by molar-refractivity contribution is 5.13. The molecule has 1 aromatic rings. The lowest BCUT2D eigenvalue weighted by Gasteiger charge is -2.20. The molecular formula is C7H7F3N4. The highest BCUT2D eigenvalue weighted by Gasteiger charge is 2.40. The van der Waals surface area contributed by atoms with Gasteiger partial charge in [-0.1, -0.05) is 0 Å². The number of nitrogens with zero attached hydrogens (tertiary/aromatic N) is 3. The summed E-state index contributed by atoms with van der Waals surface area (Å²) >= 11 is 0. The summed E-state index contributed by atoms with van der Waals surface area (Å²) in [6, 6.07) is -0.330. The summed E-state index contributed by atoms with van der Waals surface area (Å²) in [5, 5.41) is 8.48. The van der Waals surface area contributed by atoms with Crippen LogP contribution < -0.4 is 5.73 Å². The van der Waals surface area contributed by atoms with Gasteiger partial charge in [0.25, 0.3) is 0 Å². The Morgan fingerprint density at radius 2 is 2.29 bits per heavy atom. The van der Waals surface area contributed by atoms with Crippen molar-refractivity contribution in [3.05, 3.63) is 18.2 Å². The predicted octanol–water partition coefficient (Wildman–Crippen LogP) is 0.817. The summed E-state index contributed by atoms with van der Waals surface area (Å²) in [5.74, 6) is -0.294. The second-order valence-electron chi connectivity index (χ2n) is 2.56. The van der Waals surface area contributed by atoms with E-state index in [2.05, 4.69) is 4.98 Å². The maximum Gasteiger partial charge on any atom is 0.410 e. The van der Waals surface area contributed by atoms with Gasteiger partial charge in [-0.2, -0.15) is 18.4 Å². The van der Waals surface area contributed by atoms with Gasteiger partial charge in [-0.15, -0.1) is 0 Å². The average molecular weight is 204 g/mol. The molecule has 0 aliphatic rings. The number of nitriles is 1. The van der Waals surface area contributed by atoms with Gasteiger partial charge in [-0.25, -0.2) is 4.98 Å². The van der Waals surface area contributed by atoms with Crippen molar-refractivity contribution in [2.45, 2.75) is 12.2 Å². The molecule has 1 unspecified atom stereocenters. The van der Waals surface area contributed by atoms with Gasteiger partial charge < -0.3 is 10.3 Å². The van der Waals surface area contributed by atoms with E-state index in [1.807, 2.05) is 0 Å². The number of imidazole rings is 1. The zero-order chi connectivity index (χ0) is 10.8. The summed E-state index contributed by atoms with van der Waals surface area (Å²) in [5.41, 5.74) is 5.00. The zero-order valence-electron chi connectivity index (χ0n) is 6.99. The third-order valence-corrected chi connectivity index (χ3v) is 1.71. The topological polar surface area (TPSA) is 67.6 Å². The van der Waals surface area contributed by atoms with Gasteiger partial charge in [-0.3, -0.25) is 0 Å². The molecule has 1 atom stereocenters. The molecule has 14 heavy (non-hydrogen) atoms. The number of hydrogen-bond acceptors (Lipinski definition) is 3. The van der Waals surface area contributed by atoms with E-state index in [1.54, 1.807) is 6.07 Å². The minimum atomic E-state index is -4.47. The molecule has 0 radical (unpaired) electrons. The lowest BCUT2D eigenvalue weighted by Crippen LogP contribution is -2.33. The summed E-state index contributed by atoms with van der Waals surface area (Å²) in [6.07, 6.45) is -2.25. The number of nitrogens with two attached hydrogens (primary N) is 1. The van der Waals surface area contributed by atoms with Crippen LogP contribution in [0.15, 0.2) is 12.4 Å². The zero-order valence-corrected chi connectivity index (χ0v) is 6.99. The first kappa shape index (κ1) is 10.5. The summed E-state index contributed by atoms with van der Waals surface area (Å²) in [7, 11) is 0. The fourth-order valence-corrected chi connectivity index (χ4v) is 1.06. The molecule has 0 aliphatic heterocycles. The fourth-order valence-electron chi connectivity index (χ4n) is 1.06. The van der Waals surface area contributed by atoms with Crippen LogP contribution in [-0.4, -0.2) is 22.3 Å². The largest absolute Gasteiger partial charge is 0.410 e. The van der Waals surface area contributed by atoms with E-state index in [4.69, 9.17) is 11.0 Å². The van der Waals surface area contributed by atoms with Gasteiger partial charge in [0, 0.05) is 18.9 Å². The highest BCUT2D eigenvalue weighted by atomic mass is 19.4. The van der Waals surface area contributed by atoms with Crippen LogP contribution in [-0.2, 0) is 0 Å². The summed E-state index contributed by atoms with van der Waals surface area (Å²) in [6.45, 7) is -0.617. The lowest BCUT2D eigenvalue weighted by molar-refractivity contribution is -0.165. The van der Waals surface area contributed by atoms with Crippen molar-refractivity contribution in [2.24, 2.45) is 5.73 Å². The van der Waals surface area contributed by atoms with Gasteiger partial charge in [-0.05, 0) is 0 Å². The summed E-state index contributed by atoms with van der Waals surface area (Å²) < 4.78 is 37.8. The first-order valence-corrected chi connectivity index (χ1v) is 3.70. The molecule has 76 valence electrons. The van der Waals surface area contributed by atoms with E-state index in [0.717, 1.165) is 17.0 Å². The molecule has 0 bridgehead atoms. The Morgan fingerprint density at radius 1 is 1.64 bits per heavy atom. The van der Waals surface area contributed by atoms with Gasteiger partial charge >= 0.3 is 6.18 Å². The van der Waals surface area contributed by atoms with Crippen LogP contribution >= 0.6 is 0 Å². The molecule has 0 amide bonds. The minimum absolute atomic E-state index is 0.294. The molecule has 0 saturated carbocycles. The average Bonchev–Trinajstić information content (AvgIpc) is 2.51. The molecule has 0 spiro atoms. The van der Waals surface area contributed by atoms with Crippen LogP contribution in [0.25, 0.3) is 0 Å². The predicted molar refractivity (Wildman–Crippen MR) is 41.1 cm³/mol. The Kier molecular flexibility index (Phi) is 2.76. The standard InChI is InChI=1S/C7H7F3N4/c8-7(9,10)5(3-11)14-2-1-13-6(14)4-12/h1-2,5H,3,11H2. The van der Waals surface area contributed by atoms with E-state index in [9.17, 15) is 13.2 Å². The van der Waals surface area contributed by atoms with Crippen molar-refractivity contribution >= 4 is 0 Å². The van der Waals surface area contributed by atoms with Crippen LogP contribution in [0.5, 0.6) is 0 Å². The van der Waals surface area contributed by atoms with Crippen LogP contribution in [0, 0.1) is 11.3 Å². The van der Waals surface area contributed by atoms with Crippen LogP contribution in [0.2, 0.25) is 0 Å². The van der Waals surface area contributed by atoms with E-state index in [1.165, 1.54) is 0 Å². The van der Waals surface area contributed by atoms with Crippen molar-refractivity contribution in [2.75, 3.05) is 6.54 Å². The van der Waals surface area contributed by atoms with Crippen molar-refractivity contribution < 1.29 is 13.2 Å². The Labute approximate surface area is 77.8 Å². The van der Waals surface area contributed by atoms with Crippen molar-refractivity contribution in [3.63, 3.8) is 0 Å². The van der Waals surface area contributed by atoms with E-state index < -0.39 is 18.8 Å². The maximum absolute atomic E-state index is 12.4. The molecule has 4 nitrogen and oxygen atoms in total. The van der Waals surface area contributed by atoms with Crippen molar-refractivity contribution in [1.82, 2.24) is 9.55 Å². The molecule has 2 N–H and O–H groups in total. The summed E-state index contributed by atoms with van der Waals surface area (Å²) in [4.78, 5) is 3.46. The first-order chi connectivity index (χ1) is 6.50. The molecule has 1 rings (SSSR count). The quantitative estimate of drug-likeness (QED) is 0.775. The SMILES string of the molecule is N#Cc1nccn1C(CN)C(F)(F)F. The lowest BCUT2D eigenvalue weighted by atomic mass is 10.3. The molecule has 0 fully saturated rings. The third kappa shape index (κ3) is 1.85. The normalized spacial score (nSPS) is 13.6. The van der Waals surface area contributed by atoms with Crippen LogP contribution in [0.1, 0.15) is 11.9 Å². The first-order valence-electron chi connectivity index (χ1n) is 3.70. The minimum Gasteiger partial charge on any atom is -0.328 e. The van der Waals surface area contributed by atoms with Gasteiger partial charge in [0.05, 0.1) is 0 Å². The Balaban J connectivity index is 3.08. The Morgan fingerprint density at radius 3 is 2.71 bits per heavy atom. The maximum atomic E-state index is 12.4. The highest BCUT2D eigenvalue weighted by Crippen LogP contribution is 2.30. The van der Waals surface area contributed by atoms with Gasteiger partial charge in [0.15, 0.2) is 0 Å². The molecule has 0 aliphatic carbocycles. The molecule has 0 saturated heterocycles. The second-order valence-corrected chi connectivity index (χ2v) is 2.56. The van der Waals surface area contributed by atoms with E-state index in [-0.39, 0.29) is 5.82 Å². The number of rotatable bonds is 2. The van der Waals surface area contributed by atoms with E-state index in [0.29, 0.717) is 0 Å². The Hall–Kier alpha value is -1.55. The number of aromatic nitrogens is 2. The third-order valence-electron chi connectivity index (χ3n) is 1.71. The Bertz CT molecular complexity index is 349.